The van der Waals surface area contributed by atoms with Crippen molar-refractivity contribution in [1.82, 2.24) is 10.3 Å². The first-order chi connectivity index (χ1) is 9.24. The van der Waals surface area contributed by atoms with Gasteiger partial charge >= 0.3 is 0 Å². The second-order valence-corrected chi connectivity index (χ2v) is 5.77. The Morgan fingerprint density at radius 3 is 2.68 bits per heavy atom. The molecule has 3 nitrogen and oxygen atoms in total. The maximum atomic E-state index is 6.04. The summed E-state index contributed by atoms with van der Waals surface area (Å²) in [7, 11) is 0. The first kappa shape index (κ1) is 14.3. The van der Waals surface area contributed by atoms with Gasteiger partial charge in [0.2, 0.25) is 5.88 Å². The van der Waals surface area contributed by atoms with Crippen molar-refractivity contribution in [3.8, 4) is 5.88 Å². The molecule has 1 saturated carbocycles. The van der Waals surface area contributed by atoms with E-state index in [1.54, 1.807) is 0 Å². The lowest BCUT2D eigenvalue weighted by Crippen LogP contribution is -2.22. The van der Waals surface area contributed by atoms with Crippen LogP contribution in [0.15, 0.2) is 18.3 Å². The lowest BCUT2D eigenvalue weighted by molar-refractivity contribution is 0.176. The smallest absolute Gasteiger partial charge is 0.213 e. The largest absolute Gasteiger partial charge is 0.474 e. The highest BCUT2D eigenvalue weighted by molar-refractivity contribution is 5.20. The van der Waals surface area contributed by atoms with E-state index in [9.17, 15) is 0 Å². The van der Waals surface area contributed by atoms with Gasteiger partial charge in [0.15, 0.2) is 0 Å². The molecule has 1 aliphatic rings. The van der Waals surface area contributed by atoms with Crippen molar-refractivity contribution >= 4 is 0 Å². The molecule has 1 aromatic heterocycles. The number of pyridine rings is 1. The van der Waals surface area contributed by atoms with Gasteiger partial charge in [0.05, 0.1) is 0 Å². The van der Waals surface area contributed by atoms with E-state index in [1.165, 1.54) is 44.1 Å². The van der Waals surface area contributed by atoms with Crippen LogP contribution in [0.4, 0.5) is 0 Å². The minimum absolute atomic E-state index is 0.364. The van der Waals surface area contributed by atoms with Gasteiger partial charge in [0.1, 0.15) is 6.10 Å². The van der Waals surface area contributed by atoms with Crippen LogP contribution in [0.5, 0.6) is 5.88 Å². The molecule has 106 valence electrons. The number of nitrogens with zero attached hydrogens (tertiary/aromatic N) is 1. The van der Waals surface area contributed by atoms with Gasteiger partial charge in [-0.1, -0.05) is 26.7 Å². The minimum atomic E-state index is 0.364. The van der Waals surface area contributed by atoms with Crippen molar-refractivity contribution in [2.24, 2.45) is 0 Å². The molecular weight excluding hydrogens is 236 g/mol. The summed E-state index contributed by atoms with van der Waals surface area (Å²) >= 11 is 0. The average molecular weight is 262 g/mol. The Morgan fingerprint density at radius 1 is 1.26 bits per heavy atom. The number of hydrogen-bond donors (Lipinski definition) is 1. The summed E-state index contributed by atoms with van der Waals surface area (Å²) in [5.74, 6) is 0.787. The highest BCUT2D eigenvalue weighted by Crippen LogP contribution is 2.22. The highest BCUT2D eigenvalue weighted by atomic mass is 16.5. The number of ether oxygens (including phenoxy) is 1. The van der Waals surface area contributed by atoms with Crippen molar-refractivity contribution < 1.29 is 4.74 Å². The zero-order chi connectivity index (χ0) is 13.5. The molecule has 0 aromatic carbocycles. The van der Waals surface area contributed by atoms with Crippen molar-refractivity contribution in [3.63, 3.8) is 0 Å². The van der Waals surface area contributed by atoms with Crippen LogP contribution in [0, 0.1) is 0 Å². The first-order valence-electron chi connectivity index (χ1n) is 7.59. The van der Waals surface area contributed by atoms with E-state index in [0.717, 1.165) is 12.4 Å². The lowest BCUT2D eigenvalue weighted by atomic mass is 10.1. The van der Waals surface area contributed by atoms with Crippen LogP contribution in [0.3, 0.4) is 0 Å². The summed E-state index contributed by atoms with van der Waals surface area (Å²) in [5.41, 5.74) is 1.24. The second kappa shape index (κ2) is 7.49. The molecule has 1 aliphatic carbocycles. The molecule has 0 unspecified atom stereocenters. The Balaban J connectivity index is 1.90. The molecule has 0 bridgehead atoms. The number of rotatable bonds is 5. The minimum Gasteiger partial charge on any atom is -0.474 e. The van der Waals surface area contributed by atoms with Gasteiger partial charge in [-0.05, 0) is 37.3 Å². The molecule has 0 radical (unpaired) electrons. The predicted octanol–water partition coefficient (Wildman–Crippen LogP) is 3.68. The fraction of sp³-hybridized carbons (Fsp3) is 0.688. The number of hydrogen-bond acceptors (Lipinski definition) is 3. The molecule has 0 aliphatic heterocycles. The van der Waals surface area contributed by atoms with Crippen molar-refractivity contribution in [2.75, 3.05) is 0 Å². The maximum Gasteiger partial charge on any atom is 0.213 e. The normalized spacial score (nSPS) is 17.4. The van der Waals surface area contributed by atoms with E-state index < -0.39 is 0 Å². The Bertz CT molecular complexity index is 371. The van der Waals surface area contributed by atoms with Crippen LogP contribution in [0.1, 0.15) is 57.9 Å². The molecular formula is C16H26N2O. The zero-order valence-electron chi connectivity index (χ0n) is 12.2. The molecule has 2 rings (SSSR count). The topological polar surface area (TPSA) is 34.2 Å². The van der Waals surface area contributed by atoms with Crippen LogP contribution in [0.25, 0.3) is 0 Å². The third-order valence-electron chi connectivity index (χ3n) is 3.60. The molecule has 0 atom stereocenters. The van der Waals surface area contributed by atoms with E-state index in [2.05, 4.69) is 36.3 Å². The van der Waals surface area contributed by atoms with Crippen LogP contribution in [-0.2, 0) is 6.54 Å². The number of nitrogens with one attached hydrogen (secondary N) is 1. The van der Waals surface area contributed by atoms with Gasteiger partial charge in [-0.2, -0.15) is 0 Å². The fourth-order valence-corrected chi connectivity index (χ4v) is 2.48. The lowest BCUT2D eigenvalue weighted by Gasteiger charge is -2.16. The Morgan fingerprint density at radius 2 is 2.00 bits per heavy atom. The molecule has 1 fully saturated rings. The van der Waals surface area contributed by atoms with Crippen molar-refractivity contribution in [2.45, 2.75) is 71.1 Å². The number of aromatic nitrogens is 1. The first-order valence-corrected chi connectivity index (χ1v) is 7.59. The zero-order valence-corrected chi connectivity index (χ0v) is 12.2. The van der Waals surface area contributed by atoms with Crippen molar-refractivity contribution in [3.05, 3.63) is 23.9 Å². The van der Waals surface area contributed by atoms with Gasteiger partial charge in [-0.15, -0.1) is 0 Å². The van der Waals surface area contributed by atoms with Crippen LogP contribution in [-0.4, -0.2) is 17.1 Å². The molecule has 1 heterocycles. The second-order valence-electron chi connectivity index (χ2n) is 5.77. The van der Waals surface area contributed by atoms with E-state index in [-0.39, 0.29) is 0 Å². The summed E-state index contributed by atoms with van der Waals surface area (Å²) in [6.45, 7) is 5.19. The molecule has 1 aromatic rings. The third-order valence-corrected chi connectivity index (χ3v) is 3.60. The predicted molar refractivity (Wildman–Crippen MR) is 78.3 cm³/mol. The Hall–Kier alpha value is -1.09. The summed E-state index contributed by atoms with van der Waals surface area (Å²) in [4.78, 5) is 4.34. The summed E-state index contributed by atoms with van der Waals surface area (Å²) < 4.78 is 6.04. The van der Waals surface area contributed by atoms with Crippen LogP contribution in [0.2, 0.25) is 0 Å². The van der Waals surface area contributed by atoms with Gasteiger partial charge in [0, 0.05) is 24.8 Å². The third kappa shape index (κ3) is 5.19. The summed E-state index contributed by atoms with van der Waals surface area (Å²) in [6.07, 6.45) is 9.86. The van der Waals surface area contributed by atoms with Gasteiger partial charge < -0.3 is 10.1 Å². The van der Waals surface area contributed by atoms with Crippen LogP contribution < -0.4 is 10.1 Å². The fourth-order valence-electron chi connectivity index (χ4n) is 2.48. The van der Waals surface area contributed by atoms with E-state index in [0.29, 0.717) is 12.1 Å². The molecule has 3 heteroatoms. The SMILES string of the molecule is CC(C)NCc1ccnc(OC2CCCCCC2)c1. The van der Waals surface area contributed by atoms with Gasteiger partial charge in [-0.3, -0.25) is 0 Å². The quantitative estimate of drug-likeness (QED) is 0.822. The van der Waals surface area contributed by atoms with Crippen LogP contribution >= 0.6 is 0 Å². The molecule has 0 amide bonds. The highest BCUT2D eigenvalue weighted by Gasteiger charge is 2.14. The molecule has 1 N–H and O–H groups in total. The maximum absolute atomic E-state index is 6.04. The standard InChI is InChI=1S/C16H26N2O/c1-13(2)18-12-14-9-10-17-16(11-14)19-15-7-5-3-4-6-8-15/h9-11,13,15,18H,3-8,12H2,1-2H3. The molecule has 0 saturated heterocycles. The summed E-state index contributed by atoms with van der Waals surface area (Å²) in [5, 5.41) is 3.42. The van der Waals surface area contributed by atoms with Crippen molar-refractivity contribution in [1.29, 1.82) is 0 Å². The molecule has 19 heavy (non-hydrogen) atoms. The average Bonchev–Trinajstić information content (AvgIpc) is 2.65. The van der Waals surface area contributed by atoms with E-state index in [4.69, 9.17) is 4.74 Å². The summed E-state index contributed by atoms with van der Waals surface area (Å²) in [6, 6.07) is 4.62. The van der Waals surface area contributed by atoms with Gasteiger partial charge in [0.25, 0.3) is 0 Å². The Kier molecular flexibility index (Phi) is 5.64. The van der Waals surface area contributed by atoms with E-state index >= 15 is 0 Å². The Labute approximate surface area is 116 Å². The monoisotopic (exact) mass is 262 g/mol. The van der Waals surface area contributed by atoms with Gasteiger partial charge in [-0.25, -0.2) is 4.98 Å². The molecule has 0 spiro atoms. The van der Waals surface area contributed by atoms with E-state index in [1.807, 2.05) is 6.20 Å².